The summed E-state index contributed by atoms with van der Waals surface area (Å²) >= 11 is 0. The highest BCUT2D eigenvalue weighted by Crippen LogP contribution is 2.18. The fourth-order valence-corrected chi connectivity index (χ4v) is 2.09. The molecule has 0 saturated heterocycles. The zero-order valence-electron chi connectivity index (χ0n) is 9.22. The predicted molar refractivity (Wildman–Crippen MR) is 64.5 cm³/mol. The minimum absolute atomic E-state index is 1.00. The van der Waals surface area contributed by atoms with Gasteiger partial charge < -0.3 is 0 Å². The van der Waals surface area contributed by atoms with Gasteiger partial charge in [0, 0.05) is 0 Å². The van der Waals surface area contributed by atoms with Gasteiger partial charge >= 0.3 is 0 Å². The Labute approximate surface area is 93.8 Å². The van der Waals surface area contributed by atoms with Crippen LogP contribution in [0.5, 0.6) is 0 Å². The van der Waals surface area contributed by atoms with Gasteiger partial charge in [-0.25, -0.2) is 9.97 Å². The van der Waals surface area contributed by atoms with Crippen LogP contribution in [-0.4, -0.2) is 14.4 Å². The summed E-state index contributed by atoms with van der Waals surface area (Å²) in [6, 6.07) is 8.18. The van der Waals surface area contributed by atoms with Crippen molar-refractivity contribution in [3.05, 3.63) is 42.5 Å². The van der Waals surface area contributed by atoms with Gasteiger partial charge in [0.05, 0.1) is 34.8 Å². The van der Waals surface area contributed by atoms with Crippen molar-refractivity contribution < 1.29 is 0 Å². The number of benzene rings is 1. The first-order valence-corrected chi connectivity index (χ1v) is 5.60. The van der Waals surface area contributed by atoms with E-state index in [1.165, 1.54) is 0 Å². The maximum absolute atomic E-state index is 4.70. The van der Waals surface area contributed by atoms with E-state index < -0.39 is 0 Å². The Morgan fingerprint density at radius 3 is 2.94 bits per heavy atom. The number of fused-ring (bicyclic) bond motifs is 3. The van der Waals surface area contributed by atoms with Crippen LogP contribution in [0.1, 0.15) is 19.0 Å². The van der Waals surface area contributed by atoms with Crippen molar-refractivity contribution in [1.29, 1.82) is 0 Å². The summed E-state index contributed by atoms with van der Waals surface area (Å²) < 4.78 is 2.12. The van der Waals surface area contributed by atoms with E-state index in [1.54, 1.807) is 0 Å². The lowest BCUT2D eigenvalue weighted by molar-refractivity contribution is 0.890. The molecule has 0 amide bonds. The van der Waals surface area contributed by atoms with E-state index in [-0.39, 0.29) is 0 Å². The molecule has 0 N–H and O–H groups in total. The molecule has 0 aliphatic heterocycles. The molecule has 3 rings (SSSR count). The average molecular weight is 211 g/mol. The molecule has 3 aromatic rings. The molecule has 0 fully saturated rings. The minimum Gasteiger partial charge on any atom is -0.295 e. The normalized spacial score (nSPS) is 11.3. The first-order valence-electron chi connectivity index (χ1n) is 5.60. The summed E-state index contributed by atoms with van der Waals surface area (Å²) in [5.74, 6) is 0. The molecule has 2 aromatic heterocycles. The summed E-state index contributed by atoms with van der Waals surface area (Å²) in [5.41, 5.74) is 4.42. The van der Waals surface area contributed by atoms with Crippen LogP contribution >= 0.6 is 0 Å². The Hall–Kier alpha value is -1.90. The van der Waals surface area contributed by atoms with Crippen LogP contribution in [0.3, 0.4) is 0 Å². The molecule has 0 bridgehead atoms. The monoisotopic (exact) mass is 211 g/mol. The topological polar surface area (TPSA) is 30.2 Å². The molecule has 3 heteroatoms. The third kappa shape index (κ3) is 1.28. The molecule has 80 valence electrons. The maximum Gasteiger partial charge on any atom is 0.0998 e. The van der Waals surface area contributed by atoms with Gasteiger partial charge in [-0.05, 0) is 18.6 Å². The second kappa shape index (κ2) is 3.59. The van der Waals surface area contributed by atoms with Crippen LogP contribution in [0.2, 0.25) is 0 Å². The lowest BCUT2D eigenvalue weighted by Crippen LogP contribution is -1.97. The van der Waals surface area contributed by atoms with E-state index in [0.29, 0.717) is 0 Å². The van der Waals surface area contributed by atoms with Crippen molar-refractivity contribution in [2.24, 2.45) is 0 Å². The van der Waals surface area contributed by atoms with Crippen molar-refractivity contribution in [1.82, 2.24) is 14.4 Å². The molecule has 0 aliphatic rings. The number of hydrogen-bond acceptors (Lipinski definition) is 2. The second-order valence-electron chi connectivity index (χ2n) is 3.95. The minimum atomic E-state index is 1.00. The third-order valence-electron chi connectivity index (χ3n) is 2.82. The van der Waals surface area contributed by atoms with Crippen molar-refractivity contribution in [2.45, 2.75) is 19.8 Å². The van der Waals surface area contributed by atoms with Crippen molar-refractivity contribution >= 4 is 16.6 Å². The molecule has 0 atom stereocenters. The SMILES string of the molecule is CCCc1nc2ccccc2n2cncc12. The molecule has 0 aliphatic carbocycles. The number of rotatable bonds is 2. The van der Waals surface area contributed by atoms with E-state index in [4.69, 9.17) is 4.98 Å². The summed E-state index contributed by atoms with van der Waals surface area (Å²) in [4.78, 5) is 8.92. The molecule has 0 saturated carbocycles. The number of hydrogen-bond donors (Lipinski definition) is 0. The van der Waals surface area contributed by atoms with Crippen LogP contribution in [0.4, 0.5) is 0 Å². The Balaban J connectivity index is 2.43. The van der Waals surface area contributed by atoms with Crippen molar-refractivity contribution in [2.75, 3.05) is 0 Å². The van der Waals surface area contributed by atoms with Gasteiger partial charge in [0.15, 0.2) is 0 Å². The largest absolute Gasteiger partial charge is 0.295 e. The fraction of sp³-hybridized carbons (Fsp3) is 0.231. The third-order valence-corrected chi connectivity index (χ3v) is 2.82. The Bertz CT molecular complexity index is 640. The number of aryl methyl sites for hydroxylation is 1. The van der Waals surface area contributed by atoms with E-state index in [2.05, 4.69) is 22.4 Å². The summed E-state index contributed by atoms with van der Waals surface area (Å²) in [7, 11) is 0. The Morgan fingerprint density at radius 1 is 1.19 bits per heavy atom. The van der Waals surface area contributed by atoms with Crippen LogP contribution in [0.15, 0.2) is 36.8 Å². The Morgan fingerprint density at radius 2 is 2.06 bits per heavy atom. The van der Waals surface area contributed by atoms with Crippen molar-refractivity contribution in [3.8, 4) is 0 Å². The standard InChI is InChI=1S/C13H13N3/c1-2-5-10-13-8-14-9-16(13)12-7-4-3-6-11(12)15-10/h3-4,6-9H,2,5H2,1H3. The highest BCUT2D eigenvalue weighted by molar-refractivity contribution is 5.79. The van der Waals surface area contributed by atoms with Crippen molar-refractivity contribution in [3.63, 3.8) is 0 Å². The fourth-order valence-electron chi connectivity index (χ4n) is 2.09. The molecule has 1 aromatic carbocycles. The van der Waals surface area contributed by atoms with Crippen LogP contribution in [0, 0.1) is 0 Å². The van der Waals surface area contributed by atoms with E-state index in [9.17, 15) is 0 Å². The number of nitrogens with zero attached hydrogens (tertiary/aromatic N) is 3. The smallest absolute Gasteiger partial charge is 0.0998 e. The quantitative estimate of drug-likeness (QED) is 0.652. The van der Waals surface area contributed by atoms with Crippen LogP contribution in [-0.2, 0) is 6.42 Å². The zero-order chi connectivity index (χ0) is 11.0. The number of imidazole rings is 1. The predicted octanol–water partition coefficient (Wildman–Crippen LogP) is 2.84. The first kappa shape index (κ1) is 9.33. The second-order valence-corrected chi connectivity index (χ2v) is 3.95. The number of aromatic nitrogens is 3. The first-order chi connectivity index (χ1) is 7.90. The molecule has 2 heterocycles. The lowest BCUT2D eigenvalue weighted by Gasteiger charge is -2.06. The zero-order valence-corrected chi connectivity index (χ0v) is 9.22. The van der Waals surface area contributed by atoms with E-state index in [1.807, 2.05) is 30.7 Å². The van der Waals surface area contributed by atoms with E-state index >= 15 is 0 Å². The lowest BCUT2D eigenvalue weighted by atomic mass is 10.2. The van der Waals surface area contributed by atoms with Gasteiger partial charge in [-0.3, -0.25) is 4.40 Å². The average Bonchev–Trinajstić information content (AvgIpc) is 2.79. The van der Waals surface area contributed by atoms with Gasteiger partial charge in [0.1, 0.15) is 0 Å². The summed E-state index contributed by atoms with van der Waals surface area (Å²) in [6.07, 6.45) is 5.86. The Kier molecular flexibility index (Phi) is 2.10. The van der Waals surface area contributed by atoms with Gasteiger partial charge in [-0.2, -0.15) is 0 Å². The van der Waals surface area contributed by atoms with Crippen LogP contribution in [0.25, 0.3) is 16.6 Å². The van der Waals surface area contributed by atoms with Gasteiger partial charge in [-0.15, -0.1) is 0 Å². The summed E-state index contributed by atoms with van der Waals surface area (Å²) in [6.45, 7) is 2.17. The molecule has 16 heavy (non-hydrogen) atoms. The summed E-state index contributed by atoms with van der Waals surface area (Å²) in [5, 5.41) is 0. The molecule has 0 spiro atoms. The van der Waals surface area contributed by atoms with E-state index in [0.717, 1.165) is 35.1 Å². The number of para-hydroxylation sites is 2. The van der Waals surface area contributed by atoms with Crippen LogP contribution < -0.4 is 0 Å². The molecular formula is C13H13N3. The molecule has 3 nitrogen and oxygen atoms in total. The highest BCUT2D eigenvalue weighted by atomic mass is 15.0. The van der Waals surface area contributed by atoms with Gasteiger partial charge in [0.2, 0.25) is 0 Å². The maximum atomic E-state index is 4.70. The highest BCUT2D eigenvalue weighted by Gasteiger charge is 2.06. The molecular weight excluding hydrogens is 198 g/mol. The van der Waals surface area contributed by atoms with Gasteiger partial charge in [0.25, 0.3) is 0 Å². The van der Waals surface area contributed by atoms with Gasteiger partial charge in [-0.1, -0.05) is 25.5 Å². The molecule has 0 radical (unpaired) electrons. The molecule has 0 unspecified atom stereocenters.